The molecule has 142 valence electrons. The fourth-order valence-corrected chi connectivity index (χ4v) is 3.92. The fourth-order valence-electron chi connectivity index (χ4n) is 3.92. The van der Waals surface area contributed by atoms with E-state index in [9.17, 15) is 10.1 Å². The lowest BCUT2D eigenvalue weighted by Crippen LogP contribution is -2.34. The topological polar surface area (TPSA) is 77.7 Å². The number of aromatic amines is 1. The van der Waals surface area contributed by atoms with Gasteiger partial charge in [0, 0.05) is 12.5 Å². The number of piperidine rings is 1. The minimum Gasteiger partial charge on any atom is -0.299 e. The molecule has 0 atom stereocenters. The fraction of sp³-hybridized carbons (Fsp3) is 0.318. The molecular formula is C22H23N5O. The third-order valence-corrected chi connectivity index (χ3v) is 5.46. The van der Waals surface area contributed by atoms with E-state index >= 15 is 0 Å². The number of H-pyrrole nitrogens is 1. The van der Waals surface area contributed by atoms with Crippen LogP contribution in [0.4, 0.5) is 0 Å². The van der Waals surface area contributed by atoms with Gasteiger partial charge in [0.1, 0.15) is 5.82 Å². The van der Waals surface area contributed by atoms with Gasteiger partial charge in [0.05, 0.1) is 18.2 Å². The Bertz CT molecular complexity index is 1020. The van der Waals surface area contributed by atoms with Crippen molar-refractivity contribution < 1.29 is 0 Å². The largest absolute Gasteiger partial charge is 0.343 e. The monoisotopic (exact) mass is 373 g/mol. The second kappa shape index (κ2) is 8.24. The number of aromatic nitrogens is 3. The second-order valence-corrected chi connectivity index (χ2v) is 7.28. The lowest BCUT2D eigenvalue weighted by molar-refractivity contribution is 0.200. The summed E-state index contributed by atoms with van der Waals surface area (Å²) in [5.74, 6) is 1.12. The van der Waals surface area contributed by atoms with Crippen LogP contribution in [0.1, 0.15) is 41.3 Å². The first kappa shape index (κ1) is 18.2. The molecule has 6 heteroatoms. The van der Waals surface area contributed by atoms with E-state index in [1.807, 2.05) is 54.6 Å². The number of nitriles is 1. The zero-order chi connectivity index (χ0) is 19.3. The molecule has 0 amide bonds. The first-order chi connectivity index (χ1) is 13.7. The van der Waals surface area contributed by atoms with Crippen LogP contribution in [0.15, 0.2) is 59.4 Å². The van der Waals surface area contributed by atoms with Crippen molar-refractivity contribution in [2.24, 2.45) is 0 Å². The number of nitrogens with zero attached hydrogens (tertiary/aromatic N) is 4. The van der Waals surface area contributed by atoms with Crippen LogP contribution in [-0.2, 0) is 13.1 Å². The van der Waals surface area contributed by atoms with E-state index in [4.69, 9.17) is 0 Å². The Morgan fingerprint density at radius 2 is 1.75 bits per heavy atom. The van der Waals surface area contributed by atoms with Gasteiger partial charge in [-0.3, -0.25) is 9.47 Å². The zero-order valence-corrected chi connectivity index (χ0v) is 15.7. The maximum Gasteiger partial charge on any atom is 0.343 e. The van der Waals surface area contributed by atoms with Gasteiger partial charge in [-0.15, -0.1) is 0 Å². The van der Waals surface area contributed by atoms with Crippen LogP contribution in [0.25, 0.3) is 0 Å². The normalized spacial score (nSPS) is 15.4. The number of hydrogen-bond acceptors (Lipinski definition) is 4. The summed E-state index contributed by atoms with van der Waals surface area (Å²) in [4.78, 5) is 14.6. The predicted octanol–water partition coefficient (Wildman–Crippen LogP) is 2.87. The number of benzene rings is 2. The molecule has 0 spiro atoms. The van der Waals surface area contributed by atoms with Gasteiger partial charge in [-0.25, -0.2) is 9.89 Å². The molecule has 0 unspecified atom stereocenters. The zero-order valence-electron chi connectivity index (χ0n) is 15.7. The molecule has 1 fully saturated rings. The van der Waals surface area contributed by atoms with Crippen molar-refractivity contribution in [1.82, 2.24) is 19.7 Å². The van der Waals surface area contributed by atoms with Crippen molar-refractivity contribution in [1.29, 1.82) is 5.26 Å². The van der Waals surface area contributed by atoms with Crippen molar-refractivity contribution >= 4 is 0 Å². The van der Waals surface area contributed by atoms with Crippen LogP contribution >= 0.6 is 0 Å². The van der Waals surface area contributed by atoms with Crippen LogP contribution in [0.2, 0.25) is 0 Å². The first-order valence-corrected chi connectivity index (χ1v) is 9.64. The van der Waals surface area contributed by atoms with Crippen LogP contribution in [0.3, 0.4) is 0 Å². The van der Waals surface area contributed by atoms with Crippen molar-refractivity contribution in [3.05, 3.63) is 87.6 Å². The molecular weight excluding hydrogens is 350 g/mol. The van der Waals surface area contributed by atoms with Gasteiger partial charge >= 0.3 is 5.69 Å². The third-order valence-electron chi connectivity index (χ3n) is 5.46. The van der Waals surface area contributed by atoms with Gasteiger partial charge in [0.25, 0.3) is 0 Å². The quantitative estimate of drug-likeness (QED) is 0.746. The number of rotatable bonds is 5. The highest BCUT2D eigenvalue weighted by Crippen LogP contribution is 2.27. The molecule has 0 radical (unpaired) electrons. The van der Waals surface area contributed by atoms with Crippen molar-refractivity contribution in [3.63, 3.8) is 0 Å². The van der Waals surface area contributed by atoms with Crippen LogP contribution in [0.5, 0.6) is 0 Å². The third kappa shape index (κ3) is 3.90. The van der Waals surface area contributed by atoms with Gasteiger partial charge in [-0.1, -0.05) is 48.5 Å². The van der Waals surface area contributed by atoms with E-state index in [0.717, 1.165) is 55.0 Å². The van der Waals surface area contributed by atoms with E-state index in [1.54, 1.807) is 4.57 Å². The van der Waals surface area contributed by atoms with Crippen molar-refractivity contribution in [2.45, 2.75) is 31.8 Å². The second-order valence-electron chi connectivity index (χ2n) is 7.28. The summed E-state index contributed by atoms with van der Waals surface area (Å²) >= 11 is 0. The van der Waals surface area contributed by atoms with Crippen LogP contribution < -0.4 is 5.69 Å². The Morgan fingerprint density at radius 3 is 2.50 bits per heavy atom. The van der Waals surface area contributed by atoms with E-state index in [1.165, 1.54) is 0 Å². The lowest BCUT2D eigenvalue weighted by atomic mass is 9.95. The molecule has 3 aromatic rings. The van der Waals surface area contributed by atoms with Crippen molar-refractivity contribution in [3.8, 4) is 6.07 Å². The Kier molecular flexibility index (Phi) is 5.36. The molecule has 0 bridgehead atoms. The van der Waals surface area contributed by atoms with E-state index in [0.29, 0.717) is 6.54 Å². The molecule has 1 aliphatic rings. The SMILES string of the molecule is N#Cc1ccccc1CN1CCC(c2n[nH]c(=O)n2Cc2ccccc2)CC1. The highest BCUT2D eigenvalue weighted by atomic mass is 16.1. The Morgan fingerprint density at radius 1 is 1.04 bits per heavy atom. The summed E-state index contributed by atoms with van der Waals surface area (Å²) in [7, 11) is 0. The smallest absolute Gasteiger partial charge is 0.299 e. The molecule has 2 aromatic carbocycles. The predicted molar refractivity (Wildman–Crippen MR) is 107 cm³/mol. The summed E-state index contributed by atoms with van der Waals surface area (Å²) in [6.45, 7) is 3.18. The van der Waals surface area contributed by atoms with Crippen LogP contribution in [0, 0.1) is 11.3 Å². The average Bonchev–Trinajstić information content (AvgIpc) is 3.10. The Hall–Kier alpha value is -3.17. The highest BCUT2D eigenvalue weighted by Gasteiger charge is 2.25. The molecule has 6 nitrogen and oxygen atoms in total. The molecule has 28 heavy (non-hydrogen) atoms. The summed E-state index contributed by atoms with van der Waals surface area (Å²) in [5.41, 5.74) is 2.76. The highest BCUT2D eigenvalue weighted by molar-refractivity contribution is 5.37. The summed E-state index contributed by atoms with van der Waals surface area (Å²) in [5, 5.41) is 16.2. The molecule has 1 aliphatic heterocycles. The minimum atomic E-state index is -0.149. The summed E-state index contributed by atoms with van der Waals surface area (Å²) in [6, 6.07) is 20.0. The minimum absolute atomic E-state index is 0.149. The molecule has 2 heterocycles. The first-order valence-electron chi connectivity index (χ1n) is 9.64. The molecule has 1 saturated heterocycles. The number of likely N-dealkylation sites (tertiary alicyclic amines) is 1. The Balaban J connectivity index is 1.43. The van der Waals surface area contributed by atoms with E-state index < -0.39 is 0 Å². The van der Waals surface area contributed by atoms with Gasteiger partial charge in [0.2, 0.25) is 0 Å². The van der Waals surface area contributed by atoms with E-state index in [2.05, 4.69) is 21.2 Å². The van der Waals surface area contributed by atoms with E-state index in [-0.39, 0.29) is 11.6 Å². The molecule has 4 rings (SSSR count). The number of hydrogen-bond donors (Lipinski definition) is 1. The lowest BCUT2D eigenvalue weighted by Gasteiger charge is -2.31. The molecule has 1 N–H and O–H groups in total. The molecule has 0 saturated carbocycles. The summed E-state index contributed by atoms with van der Waals surface area (Å²) < 4.78 is 1.76. The average molecular weight is 373 g/mol. The van der Waals surface area contributed by atoms with Gasteiger partial charge in [0.15, 0.2) is 0 Å². The Labute approximate surface area is 164 Å². The number of nitrogens with one attached hydrogen (secondary N) is 1. The maximum atomic E-state index is 12.3. The van der Waals surface area contributed by atoms with Gasteiger partial charge in [-0.05, 0) is 43.1 Å². The summed E-state index contributed by atoms with van der Waals surface area (Å²) in [6.07, 6.45) is 1.90. The standard InChI is InChI=1S/C22H23N5O/c23-14-19-8-4-5-9-20(19)16-26-12-10-18(11-13-26)21-24-25-22(28)27(21)15-17-6-2-1-3-7-17/h1-9,18H,10-13,15-16H2,(H,25,28). The maximum absolute atomic E-state index is 12.3. The van der Waals surface area contributed by atoms with Crippen LogP contribution in [-0.4, -0.2) is 32.8 Å². The molecule has 1 aromatic heterocycles. The van der Waals surface area contributed by atoms with Gasteiger partial charge in [-0.2, -0.15) is 10.4 Å². The molecule has 0 aliphatic carbocycles. The van der Waals surface area contributed by atoms with Crippen molar-refractivity contribution in [2.75, 3.05) is 13.1 Å². The van der Waals surface area contributed by atoms with Gasteiger partial charge < -0.3 is 0 Å².